The first-order valence-electron chi connectivity index (χ1n) is 10.8. The zero-order chi connectivity index (χ0) is 25.2. The lowest BCUT2D eigenvalue weighted by Gasteiger charge is -2.20. The van der Waals surface area contributed by atoms with Gasteiger partial charge >= 0.3 is 0 Å². The van der Waals surface area contributed by atoms with Crippen LogP contribution in [0.25, 0.3) is 10.9 Å². The molecule has 0 unspecified atom stereocenters. The van der Waals surface area contributed by atoms with Crippen molar-refractivity contribution in [1.29, 1.82) is 0 Å². The minimum absolute atomic E-state index is 0.120. The number of carbonyl (C=O) groups excluding carboxylic acids is 2. The van der Waals surface area contributed by atoms with E-state index in [-0.39, 0.29) is 23.9 Å². The fraction of sp³-hybridized carbons (Fsp3) is 0.417. The zero-order valence-electron chi connectivity index (χ0n) is 20.5. The van der Waals surface area contributed by atoms with Gasteiger partial charge in [-0.3, -0.25) is 14.4 Å². The molecule has 182 valence electrons. The fourth-order valence-electron chi connectivity index (χ4n) is 3.30. The molecule has 0 aliphatic rings. The van der Waals surface area contributed by atoms with E-state index in [1.807, 2.05) is 34.6 Å². The zero-order valence-corrected chi connectivity index (χ0v) is 21.3. The molecular formula is C24H30N4O5S. The van der Waals surface area contributed by atoms with Crippen LogP contribution in [-0.2, 0) is 11.3 Å². The SMILES string of the molecule is CCN(Cc1nc2cc(OC)c(OC)cc2c(=O)[nH]1)C(=O)c1sc(NC(=O)C(C)(C)C)cc1C. The minimum atomic E-state index is -0.544. The highest BCUT2D eigenvalue weighted by Gasteiger charge is 2.25. The normalized spacial score (nSPS) is 11.4. The van der Waals surface area contributed by atoms with Crippen LogP contribution in [-0.4, -0.2) is 47.4 Å². The van der Waals surface area contributed by atoms with E-state index in [1.54, 1.807) is 23.1 Å². The number of carbonyl (C=O) groups is 2. The van der Waals surface area contributed by atoms with E-state index in [2.05, 4.69) is 15.3 Å². The smallest absolute Gasteiger partial charge is 0.264 e. The Morgan fingerprint density at radius 3 is 2.38 bits per heavy atom. The summed E-state index contributed by atoms with van der Waals surface area (Å²) in [6.45, 7) is 9.71. The van der Waals surface area contributed by atoms with Crippen LogP contribution in [0.4, 0.5) is 5.00 Å². The molecule has 0 spiro atoms. The molecule has 0 aliphatic heterocycles. The number of fused-ring (bicyclic) bond motifs is 1. The molecule has 0 radical (unpaired) electrons. The molecule has 0 fully saturated rings. The number of amides is 2. The average molecular weight is 487 g/mol. The van der Waals surface area contributed by atoms with Crippen molar-refractivity contribution in [3.05, 3.63) is 44.8 Å². The van der Waals surface area contributed by atoms with Gasteiger partial charge in [0.2, 0.25) is 5.91 Å². The topological polar surface area (TPSA) is 114 Å². The number of nitrogens with zero attached hydrogens (tertiary/aromatic N) is 2. The van der Waals surface area contributed by atoms with E-state index in [0.717, 1.165) is 5.56 Å². The van der Waals surface area contributed by atoms with Gasteiger partial charge in [-0.15, -0.1) is 11.3 Å². The third-order valence-electron chi connectivity index (χ3n) is 5.30. The van der Waals surface area contributed by atoms with Crippen molar-refractivity contribution >= 4 is 39.1 Å². The monoisotopic (exact) mass is 486 g/mol. The molecule has 34 heavy (non-hydrogen) atoms. The number of H-pyrrole nitrogens is 1. The number of hydrogen-bond donors (Lipinski definition) is 2. The summed E-state index contributed by atoms with van der Waals surface area (Å²) in [5.41, 5.74) is 0.343. The van der Waals surface area contributed by atoms with Crippen LogP contribution in [0.3, 0.4) is 0 Å². The minimum Gasteiger partial charge on any atom is -0.493 e. The highest BCUT2D eigenvalue weighted by Crippen LogP contribution is 2.31. The van der Waals surface area contributed by atoms with E-state index in [4.69, 9.17) is 9.47 Å². The van der Waals surface area contributed by atoms with Crippen LogP contribution in [0.2, 0.25) is 0 Å². The number of hydrogen-bond acceptors (Lipinski definition) is 7. The first kappa shape index (κ1) is 25.2. The number of thiophene rings is 1. The lowest BCUT2D eigenvalue weighted by atomic mass is 9.96. The number of benzene rings is 1. The number of aryl methyl sites for hydroxylation is 1. The molecule has 9 nitrogen and oxygen atoms in total. The first-order chi connectivity index (χ1) is 16.0. The molecule has 0 bridgehead atoms. The Labute approximate surface area is 202 Å². The van der Waals surface area contributed by atoms with Gasteiger partial charge in [-0.2, -0.15) is 0 Å². The van der Waals surface area contributed by atoms with Gasteiger partial charge in [-0.1, -0.05) is 20.8 Å². The van der Waals surface area contributed by atoms with Crippen LogP contribution < -0.4 is 20.3 Å². The highest BCUT2D eigenvalue weighted by atomic mass is 32.1. The quantitative estimate of drug-likeness (QED) is 0.523. The summed E-state index contributed by atoms with van der Waals surface area (Å²) < 4.78 is 10.6. The second kappa shape index (κ2) is 9.84. The number of aromatic nitrogens is 2. The van der Waals surface area contributed by atoms with Gasteiger partial charge in [-0.05, 0) is 31.5 Å². The second-order valence-corrected chi connectivity index (χ2v) is 9.94. The maximum absolute atomic E-state index is 13.3. The van der Waals surface area contributed by atoms with Gasteiger partial charge in [0.25, 0.3) is 11.5 Å². The number of nitrogens with one attached hydrogen (secondary N) is 2. The van der Waals surface area contributed by atoms with Crippen molar-refractivity contribution in [1.82, 2.24) is 14.9 Å². The number of methoxy groups -OCH3 is 2. The van der Waals surface area contributed by atoms with E-state index < -0.39 is 5.41 Å². The number of anilines is 1. The Balaban J connectivity index is 1.88. The molecule has 3 aromatic rings. The van der Waals surface area contributed by atoms with Crippen LogP contribution >= 0.6 is 11.3 Å². The maximum Gasteiger partial charge on any atom is 0.264 e. The standard InChI is InChI=1S/C24H30N4O5S/c1-8-28(22(30)20-13(2)9-19(34-20)27-23(31)24(3,4)5)12-18-25-15-11-17(33-7)16(32-6)10-14(15)21(29)26-18/h9-11H,8,12H2,1-7H3,(H,27,31)(H,25,26,29). The van der Waals surface area contributed by atoms with E-state index >= 15 is 0 Å². The lowest BCUT2D eigenvalue weighted by molar-refractivity contribution is -0.123. The second-order valence-electron chi connectivity index (χ2n) is 8.88. The van der Waals surface area contributed by atoms with Gasteiger partial charge in [0.05, 0.1) is 41.5 Å². The molecule has 0 aliphatic carbocycles. The van der Waals surface area contributed by atoms with Gasteiger partial charge in [-0.25, -0.2) is 4.98 Å². The molecule has 0 atom stereocenters. The summed E-state index contributed by atoms with van der Waals surface area (Å²) in [5.74, 6) is 0.932. The highest BCUT2D eigenvalue weighted by molar-refractivity contribution is 7.18. The van der Waals surface area contributed by atoms with Crippen molar-refractivity contribution in [2.24, 2.45) is 5.41 Å². The molecule has 2 N–H and O–H groups in total. The molecule has 1 aromatic carbocycles. The molecule has 0 saturated heterocycles. The Bertz CT molecular complexity index is 1290. The number of rotatable bonds is 7. The summed E-state index contributed by atoms with van der Waals surface area (Å²) in [6.07, 6.45) is 0. The number of aromatic amines is 1. The molecule has 2 heterocycles. The number of ether oxygens (including phenoxy) is 2. The Hall–Kier alpha value is -3.40. The molecule has 2 aromatic heterocycles. The molecule has 10 heteroatoms. The summed E-state index contributed by atoms with van der Waals surface area (Å²) in [4.78, 5) is 47.7. The van der Waals surface area contributed by atoms with Crippen LogP contribution in [0, 0.1) is 12.3 Å². The average Bonchev–Trinajstić information content (AvgIpc) is 3.15. The van der Waals surface area contributed by atoms with Gasteiger partial charge < -0.3 is 24.7 Å². The predicted octanol–water partition coefficient (Wildman–Crippen LogP) is 3.96. The summed E-state index contributed by atoms with van der Waals surface area (Å²) in [6, 6.07) is 5.01. The Kier molecular flexibility index (Phi) is 7.30. The molecule has 3 rings (SSSR count). The summed E-state index contributed by atoms with van der Waals surface area (Å²) in [5, 5.41) is 3.86. The van der Waals surface area contributed by atoms with E-state index in [9.17, 15) is 14.4 Å². The third-order valence-corrected chi connectivity index (χ3v) is 6.44. The maximum atomic E-state index is 13.3. The first-order valence-corrected chi connectivity index (χ1v) is 11.7. The van der Waals surface area contributed by atoms with E-state index in [0.29, 0.717) is 44.6 Å². The van der Waals surface area contributed by atoms with Crippen LogP contribution in [0.15, 0.2) is 23.0 Å². The van der Waals surface area contributed by atoms with E-state index in [1.165, 1.54) is 25.6 Å². The van der Waals surface area contributed by atoms with Crippen molar-refractivity contribution < 1.29 is 19.1 Å². The molecular weight excluding hydrogens is 456 g/mol. The Morgan fingerprint density at radius 2 is 1.79 bits per heavy atom. The Morgan fingerprint density at radius 1 is 1.15 bits per heavy atom. The van der Waals surface area contributed by atoms with Crippen molar-refractivity contribution in [3.8, 4) is 11.5 Å². The largest absolute Gasteiger partial charge is 0.493 e. The van der Waals surface area contributed by atoms with Gasteiger partial charge in [0.1, 0.15) is 5.82 Å². The molecule has 0 saturated carbocycles. The van der Waals surface area contributed by atoms with Crippen molar-refractivity contribution in [2.75, 3.05) is 26.1 Å². The van der Waals surface area contributed by atoms with Crippen LogP contribution in [0.1, 0.15) is 48.8 Å². The van der Waals surface area contributed by atoms with Crippen molar-refractivity contribution in [2.45, 2.75) is 41.2 Å². The van der Waals surface area contributed by atoms with Crippen molar-refractivity contribution in [3.63, 3.8) is 0 Å². The van der Waals surface area contributed by atoms with Gasteiger partial charge in [0, 0.05) is 18.0 Å². The fourth-order valence-corrected chi connectivity index (χ4v) is 4.33. The third kappa shape index (κ3) is 5.22. The predicted molar refractivity (Wildman–Crippen MR) is 133 cm³/mol. The molecule has 2 amide bonds. The summed E-state index contributed by atoms with van der Waals surface area (Å²) >= 11 is 1.24. The lowest BCUT2D eigenvalue weighted by Crippen LogP contribution is -2.31. The van der Waals surface area contributed by atoms with Gasteiger partial charge in [0.15, 0.2) is 11.5 Å². The van der Waals surface area contributed by atoms with Crippen LogP contribution in [0.5, 0.6) is 11.5 Å². The summed E-state index contributed by atoms with van der Waals surface area (Å²) in [7, 11) is 3.01.